The molecule has 0 heterocycles. The minimum Gasteiger partial charge on any atom is -0.383 e. The van der Waals surface area contributed by atoms with Gasteiger partial charge >= 0.3 is 0 Å². The summed E-state index contributed by atoms with van der Waals surface area (Å²) in [6, 6.07) is 0.0327. The minimum atomic E-state index is -1.14. The van der Waals surface area contributed by atoms with Gasteiger partial charge in [0.15, 0.2) is 0 Å². The second-order valence-electron chi connectivity index (χ2n) is 3.76. The summed E-state index contributed by atoms with van der Waals surface area (Å²) < 4.78 is 16.8. The first kappa shape index (κ1) is 16.5. The zero-order chi connectivity index (χ0) is 13.3. The molecule has 1 amide bonds. The third-order valence-corrected chi connectivity index (χ3v) is 3.91. The number of methoxy groups -OCH3 is 1. The van der Waals surface area contributed by atoms with Crippen LogP contribution in [-0.4, -0.2) is 66.4 Å². The summed E-state index contributed by atoms with van der Waals surface area (Å²) in [5, 5.41) is 3.02. The molecule has 0 saturated carbocycles. The molecule has 0 aliphatic carbocycles. The first-order chi connectivity index (χ1) is 8.08. The van der Waals surface area contributed by atoms with Crippen LogP contribution in [0, 0.1) is 0 Å². The summed E-state index contributed by atoms with van der Waals surface area (Å²) in [5.41, 5.74) is 0. The van der Waals surface area contributed by atoms with Gasteiger partial charge < -0.3 is 15.0 Å². The monoisotopic (exact) mass is 264 g/mol. The van der Waals surface area contributed by atoms with Crippen molar-refractivity contribution in [2.45, 2.75) is 19.9 Å². The van der Waals surface area contributed by atoms with Crippen LogP contribution in [0.1, 0.15) is 13.8 Å². The second-order valence-corrected chi connectivity index (χ2v) is 5.26. The van der Waals surface area contributed by atoms with E-state index in [0.717, 1.165) is 0 Å². The fraction of sp³-hybridized carbons (Fsp3) is 0.909. The Labute approximate surface area is 106 Å². The lowest BCUT2D eigenvalue weighted by Crippen LogP contribution is -2.39. The largest absolute Gasteiger partial charge is 0.383 e. The van der Waals surface area contributed by atoms with E-state index in [9.17, 15) is 9.00 Å². The first-order valence-electron chi connectivity index (χ1n) is 5.87. The van der Waals surface area contributed by atoms with Crippen molar-refractivity contribution in [2.75, 3.05) is 45.4 Å². The average molecular weight is 264 g/mol. The standard InChI is InChI=1S/C11H24N2O3S/c1-5-13(6-2)11(14)9-17(15)8-10(12-3)7-16-4/h10,12H,5-9H2,1-4H3. The normalized spacial score (nSPS) is 14.4. The SMILES string of the molecule is CCN(CC)C(=O)CS(=O)CC(COC)NC. The van der Waals surface area contributed by atoms with Gasteiger partial charge in [0, 0.05) is 42.8 Å². The average Bonchev–Trinajstić information content (AvgIpc) is 2.29. The summed E-state index contributed by atoms with van der Waals surface area (Å²) in [6.45, 7) is 5.68. The number of nitrogens with zero attached hydrogens (tertiary/aromatic N) is 1. The van der Waals surface area contributed by atoms with E-state index in [1.807, 2.05) is 13.8 Å². The number of carbonyl (C=O) groups excluding carboxylic acids is 1. The van der Waals surface area contributed by atoms with E-state index in [4.69, 9.17) is 4.74 Å². The van der Waals surface area contributed by atoms with Crippen molar-refractivity contribution >= 4 is 16.7 Å². The van der Waals surface area contributed by atoms with E-state index in [1.54, 1.807) is 19.1 Å². The van der Waals surface area contributed by atoms with Crippen LogP contribution in [0.3, 0.4) is 0 Å². The van der Waals surface area contributed by atoms with Crippen molar-refractivity contribution in [3.63, 3.8) is 0 Å². The highest BCUT2D eigenvalue weighted by Crippen LogP contribution is 1.96. The maximum Gasteiger partial charge on any atom is 0.235 e. The van der Waals surface area contributed by atoms with Crippen LogP contribution in [0.25, 0.3) is 0 Å². The third-order valence-electron chi connectivity index (χ3n) is 2.56. The van der Waals surface area contributed by atoms with Gasteiger partial charge in [-0.25, -0.2) is 0 Å². The smallest absolute Gasteiger partial charge is 0.235 e. The predicted molar refractivity (Wildman–Crippen MR) is 70.5 cm³/mol. The molecule has 17 heavy (non-hydrogen) atoms. The molecule has 0 rings (SSSR count). The fourth-order valence-electron chi connectivity index (χ4n) is 1.50. The molecule has 0 aromatic rings. The lowest BCUT2D eigenvalue weighted by Gasteiger charge is -2.19. The Morgan fingerprint density at radius 1 is 1.41 bits per heavy atom. The number of hydrogen-bond donors (Lipinski definition) is 1. The van der Waals surface area contributed by atoms with Crippen LogP contribution < -0.4 is 5.32 Å². The molecule has 5 nitrogen and oxygen atoms in total. The van der Waals surface area contributed by atoms with E-state index in [-0.39, 0.29) is 17.7 Å². The molecule has 0 saturated heterocycles. The third kappa shape index (κ3) is 6.75. The molecular weight excluding hydrogens is 240 g/mol. The van der Waals surface area contributed by atoms with Crippen LogP contribution in [-0.2, 0) is 20.3 Å². The number of nitrogens with one attached hydrogen (secondary N) is 1. The van der Waals surface area contributed by atoms with Crippen LogP contribution in [0.4, 0.5) is 0 Å². The highest BCUT2D eigenvalue weighted by Gasteiger charge is 2.16. The summed E-state index contributed by atoms with van der Waals surface area (Å²) in [4.78, 5) is 13.4. The summed E-state index contributed by atoms with van der Waals surface area (Å²) in [6.07, 6.45) is 0. The molecule has 2 unspecified atom stereocenters. The Bertz CT molecular complexity index is 245. The maximum absolute atomic E-state index is 11.8. The van der Waals surface area contributed by atoms with E-state index in [2.05, 4.69) is 5.32 Å². The van der Waals surface area contributed by atoms with Gasteiger partial charge in [0.1, 0.15) is 5.75 Å². The highest BCUT2D eigenvalue weighted by atomic mass is 32.2. The molecule has 0 bridgehead atoms. The van der Waals surface area contributed by atoms with Gasteiger partial charge in [0.05, 0.1) is 6.61 Å². The zero-order valence-corrected chi connectivity index (χ0v) is 12.0. The predicted octanol–water partition coefficient (Wildman–Crippen LogP) is -0.162. The van der Waals surface area contributed by atoms with Gasteiger partial charge in [-0.2, -0.15) is 0 Å². The zero-order valence-electron chi connectivity index (χ0n) is 11.2. The van der Waals surface area contributed by atoms with Crippen LogP contribution in [0.5, 0.6) is 0 Å². The first-order valence-corrected chi connectivity index (χ1v) is 7.36. The van der Waals surface area contributed by atoms with Crippen LogP contribution in [0.15, 0.2) is 0 Å². The minimum absolute atomic E-state index is 0.0327. The number of carbonyl (C=O) groups is 1. The number of amides is 1. The summed E-state index contributed by atoms with van der Waals surface area (Å²) in [7, 11) is 2.27. The fourth-order valence-corrected chi connectivity index (χ4v) is 2.79. The summed E-state index contributed by atoms with van der Waals surface area (Å²) >= 11 is 0. The molecular formula is C11H24N2O3S. The molecule has 2 atom stereocenters. The molecule has 0 aliphatic rings. The number of likely N-dealkylation sites (N-methyl/N-ethyl adjacent to an activating group) is 1. The molecule has 0 spiro atoms. The van der Waals surface area contributed by atoms with Crippen LogP contribution >= 0.6 is 0 Å². The number of ether oxygens (including phenoxy) is 1. The second kappa shape index (κ2) is 9.56. The van der Waals surface area contributed by atoms with Gasteiger partial charge in [-0.05, 0) is 20.9 Å². The van der Waals surface area contributed by atoms with E-state index in [1.165, 1.54) is 0 Å². The molecule has 102 valence electrons. The Kier molecular flexibility index (Phi) is 9.30. The maximum atomic E-state index is 11.8. The lowest BCUT2D eigenvalue weighted by atomic mass is 10.4. The van der Waals surface area contributed by atoms with Gasteiger partial charge in [0.2, 0.25) is 5.91 Å². The molecule has 0 aromatic carbocycles. The highest BCUT2D eigenvalue weighted by molar-refractivity contribution is 7.85. The van der Waals surface area contributed by atoms with Gasteiger partial charge in [0.25, 0.3) is 0 Å². The molecule has 0 radical (unpaired) electrons. The van der Waals surface area contributed by atoms with E-state index >= 15 is 0 Å². The van der Waals surface area contributed by atoms with Crippen molar-refractivity contribution < 1.29 is 13.7 Å². The molecule has 1 N–H and O–H groups in total. The quantitative estimate of drug-likeness (QED) is 0.628. The topological polar surface area (TPSA) is 58.6 Å². The van der Waals surface area contributed by atoms with Crippen molar-refractivity contribution in [2.24, 2.45) is 0 Å². The lowest BCUT2D eigenvalue weighted by molar-refractivity contribution is -0.128. The van der Waals surface area contributed by atoms with Crippen molar-refractivity contribution in [3.8, 4) is 0 Å². The van der Waals surface area contributed by atoms with E-state index in [0.29, 0.717) is 25.4 Å². The Hall–Kier alpha value is -0.460. The van der Waals surface area contributed by atoms with Crippen molar-refractivity contribution in [1.82, 2.24) is 10.2 Å². The molecule has 0 aromatic heterocycles. The number of rotatable bonds is 9. The van der Waals surface area contributed by atoms with E-state index < -0.39 is 10.8 Å². The molecule has 6 heteroatoms. The van der Waals surface area contributed by atoms with Crippen LogP contribution in [0.2, 0.25) is 0 Å². The Balaban J connectivity index is 4.11. The van der Waals surface area contributed by atoms with Gasteiger partial charge in [-0.1, -0.05) is 0 Å². The summed E-state index contributed by atoms with van der Waals surface area (Å²) in [5.74, 6) is 0.501. The van der Waals surface area contributed by atoms with Crippen molar-refractivity contribution in [3.05, 3.63) is 0 Å². The molecule has 0 fully saturated rings. The van der Waals surface area contributed by atoms with Crippen molar-refractivity contribution in [1.29, 1.82) is 0 Å². The Morgan fingerprint density at radius 2 is 2.00 bits per heavy atom. The number of hydrogen-bond acceptors (Lipinski definition) is 4. The van der Waals surface area contributed by atoms with Gasteiger partial charge in [-0.3, -0.25) is 9.00 Å². The van der Waals surface area contributed by atoms with Gasteiger partial charge in [-0.15, -0.1) is 0 Å². The molecule has 0 aliphatic heterocycles. The Morgan fingerprint density at radius 3 is 2.41 bits per heavy atom.